The Labute approximate surface area is 42.6 Å². The third-order valence-electron chi connectivity index (χ3n) is 0.244. The molecule has 0 atom stereocenters. The number of primary sulfonamides is 1. The monoisotopic (exact) mass is 119 g/mol. The molecule has 0 aliphatic rings. The summed E-state index contributed by atoms with van der Waals surface area (Å²) in [6.45, 7) is 1.41. The highest BCUT2D eigenvalue weighted by Crippen LogP contribution is 1.65. The predicted molar refractivity (Wildman–Crippen MR) is 26.6 cm³/mol. The smallest absolute Gasteiger partial charge is 0.218 e. The first-order valence-electron chi connectivity index (χ1n) is 1.52. The molecule has 40 valence electrons. The summed E-state index contributed by atoms with van der Waals surface area (Å²) in [5, 5.41) is 6.23. The Morgan fingerprint density at radius 1 is 1.57 bits per heavy atom. The SMILES string of the molecule is CC#CS(N)(=O)=O. The van der Waals surface area contributed by atoms with E-state index in [9.17, 15) is 8.42 Å². The van der Waals surface area contributed by atoms with Gasteiger partial charge in [-0.15, -0.1) is 0 Å². The number of hydrogen-bond donors (Lipinski definition) is 1. The molecule has 0 spiro atoms. The van der Waals surface area contributed by atoms with Crippen LogP contribution in [0, 0.1) is 11.2 Å². The fraction of sp³-hybridized carbons (Fsp3) is 0.333. The Morgan fingerprint density at radius 3 is 2.00 bits per heavy atom. The molecule has 0 bridgehead atoms. The number of sulfonamides is 1. The van der Waals surface area contributed by atoms with Crippen LogP contribution in [0.3, 0.4) is 0 Å². The minimum Gasteiger partial charge on any atom is -0.218 e. The molecule has 0 aliphatic carbocycles. The second-order valence-corrected chi connectivity index (χ2v) is 2.19. The van der Waals surface area contributed by atoms with Crippen molar-refractivity contribution >= 4 is 10.0 Å². The summed E-state index contributed by atoms with van der Waals surface area (Å²) in [6.07, 6.45) is 0. The molecule has 0 aromatic carbocycles. The molecule has 4 heteroatoms. The lowest BCUT2D eigenvalue weighted by Crippen LogP contribution is -2.07. The fourth-order valence-electron chi connectivity index (χ4n) is 0.142. The topological polar surface area (TPSA) is 60.2 Å². The molecule has 3 nitrogen and oxygen atoms in total. The van der Waals surface area contributed by atoms with Gasteiger partial charge in [0.2, 0.25) is 0 Å². The van der Waals surface area contributed by atoms with E-state index in [0.29, 0.717) is 0 Å². The first-order chi connectivity index (χ1) is 3.06. The lowest BCUT2D eigenvalue weighted by molar-refractivity contribution is 0.608. The molecular formula is C3H5NO2S. The highest BCUT2D eigenvalue weighted by molar-refractivity contribution is 7.93. The Bertz CT molecular complexity index is 193. The molecule has 0 aromatic rings. The van der Waals surface area contributed by atoms with Crippen molar-refractivity contribution in [3.05, 3.63) is 0 Å². The van der Waals surface area contributed by atoms with Crippen LogP contribution in [0.15, 0.2) is 0 Å². The van der Waals surface area contributed by atoms with Gasteiger partial charge in [0.05, 0.1) is 0 Å². The molecular weight excluding hydrogens is 114 g/mol. The molecule has 7 heavy (non-hydrogen) atoms. The van der Waals surface area contributed by atoms with Gasteiger partial charge in [-0.1, -0.05) is 5.92 Å². The van der Waals surface area contributed by atoms with E-state index >= 15 is 0 Å². The van der Waals surface area contributed by atoms with Crippen molar-refractivity contribution in [2.45, 2.75) is 6.92 Å². The zero-order chi connectivity index (χ0) is 5.91. The Kier molecular flexibility index (Phi) is 1.81. The summed E-state index contributed by atoms with van der Waals surface area (Å²) in [5.41, 5.74) is 0. The summed E-state index contributed by atoms with van der Waals surface area (Å²) < 4.78 is 19.7. The minimum atomic E-state index is -3.54. The van der Waals surface area contributed by atoms with Crippen molar-refractivity contribution in [1.29, 1.82) is 0 Å². The van der Waals surface area contributed by atoms with Crippen LogP contribution in [-0.2, 0) is 10.0 Å². The normalized spacial score (nSPS) is 9.43. The van der Waals surface area contributed by atoms with Gasteiger partial charge in [0, 0.05) is 5.25 Å². The van der Waals surface area contributed by atoms with E-state index in [1.807, 2.05) is 0 Å². The van der Waals surface area contributed by atoms with Crippen LogP contribution in [0.5, 0.6) is 0 Å². The maximum Gasteiger partial charge on any atom is 0.277 e. The molecule has 0 aliphatic heterocycles. The van der Waals surface area contributed by atoms with Gasteiger partial charge in [-0.25, -0.2) is 5.14 Å². The molecule has 0 amide bonds. The molecule has 0 fully saturated rings. The van der Waals surface area contributed by atoms with E-state index in [4.69, 9.17) is 0 Å². The van der Waals surface area contributed by atoms with Gasteiger partial charge >= 0.3 is 0 Å². The first kappa shape index (κ1) is 6.47. The average Bonchev–Trinajstić information content (AvgIpc) is 1.30. The standard InChI is InChI=1S/C3H5NO2S/c1-2-3-7(4,5)6/h1H3,(H2,4,5,6). The molecule has 0 heterocycles. The van der Waals surface area contributed by atoms with Crippen molar-refractivity contribution in [2.24, 2.45) is 5.14 Å². The van der Waals surface area contributed by atoms with E-state index in [2.05, 4.69) is 11.1 Å². The molecule has 0 aromatic heterocycles. The van der Waals surface area contributed by atoms with Crippen molar-refractivity contribution in [2.75, 3.05) is 0 Å². The summed E-state index contributed by atoms with van der Waals surface area (Å²) in [6, 6.07) is 0. The summed E-state index contributed by atoms with van der Waals surface area (Å²) in [5.74, 6) is 2.14. The molecule has 0 radical (unpaired) electrons. The van der Waals surface area contributed by atoms with Gasteiger partial charge in [-0.2, -0.15) is 8.42 Å². The number of nitrogens with two attached hydrogens (primary N) is 1. The van der Waals surface area contributed by atoms with Gasteiger partial charge in [-0.05, 0) is 6.92 Å². The first-order valence-corrected chi connectivity index (χ1v) is 3.07. The Hall–Kier alpha value is -0.530. The van der Waals surface area contributed by atoms with E-state index in [0.717, 1.165) is 0 Å². The van der Waals surface area contributed by atoms with Crippen LogP contribution in [-0.4, -0.2) is 8.42 Å². The molecule has 0 saturated carbocycles. The van der Waals surface area contributed by atoms with Crippen LogP contribution < -0.4 is 5.14 Å². The van der Waals surface area contributed by atoms with E-state index in [1.54, 1.807) is 5.25 Å². The average molecular weight is 119 g/mol. The van der Waals surface area contributed by atoms with Gasteiger partial charge in [0.1, 0.15) is 0 Å². The van der Waals surface area contributed by atoms with E-state index in [1.165, 1.54) is 6.92 Å². The van der Waals surface area contributed by atoms with Crippen LogP contribution in [0.25, 0.3) is 0 Å². The zero-order valence-electron chi connectivity index (χ0n) is 3.80. The summed E-state index contributed by atoms with van der Waals surface area (Å²) in [4.78, 5) is 0. The van der Waals surface area contributed by atoms with Crippen molar-refractivity contribution in [3.63, 3.8) is 0 Å². The Morgan fingerprint density at radius 2 is 2.00 bits per heavy atom. The largest absolute Gasteiger partial charge is 0.277 e. The second-order valence-electron chi connectivity index (χ2n) is 0.897. The van der Waals surface area contributed by atoms with Crippen LogP contribution in [0.2, 0.25) is 0 Å². The lowest BCUT2D eigenvalue weighted by atomic mass is 10.9. The lowest BCUT2D eigenvalue weighted by Gasteiger charge is -1.73. The van der Waals surface area contributed by atoms with Gasteiger partial charge in [0.25, 0.3) is 10.0 Å². The third kappa shape index (κ3) is 5.47. The van der Waals surface area contributed by atoms with Crippen molar-refractivity contribution in [3.8, 4) is 11.2 Å². The fourth-order valence-corrected chi connectivity index (χ4v) is 0.427. The van der Waals surface area contributed by atoms with Crippen LogP contribution in [0.4, 0.5) is 0 Å². The maximum atomic E-state index is 9.84. The predicted octanol–water partition coefficient (Wildman–Crippen LogP) is -0.744. The van der Waals surface area contributed by atoms with Crippen LogP contribution >= 0.6 is 0 Å². The third-order valence-corrected chi connectivity index (χ3v) is 0.733. The molecule has 0 unspecified atom stereocenters. The number of hydrogen-bond acceptors (Lipinski definition) is 2. The quantitative estimate of drug-likeness (QED) is 0.427. The van der Waals surface area contributed by atoms with Gasteiger partial charge in [0.15, 0.2) is 0 Å². The highest BCUT2D eigenvalue weighted by Gasteiger charge is 1.87. The highest BCUT2D eigenvalue weighted by atomic mass is 32.2. The Balaban J connectivity index is 4.34. The van der Waals surface area contributed by atoms with E-state index < -0.39 is 10.0 Å². The second kappa shape index (κ2) is 1.96. The van der Waals surface area contributed by atoms with Crippen molar-refractivity contribution in [1.82, 2.24) is 0 Å². The minimum absolute atomic E-state index is 1.41. The summed E-state index contributed by atoms with van der Waals surface area (Å²) in [7, 11) is -3.54. The molecule has 2 N–H and O–H groups in total. The van der Waals surface area contributed by atoms with Crippen molar-refractivity contribution < 1.29 is 8.42 Å². The number of rotatable bonds is 0. The molecule has 0 rings (SSSR count). The molecule has 0 saturated heterocycles. The van der Waals surface area contributed by atoms with E-state index in [-0.39, 0.29) is 0 Å². The zero-order valence-corrected chi connectivity index (χ0v) is 4.62. The van der Waals surface area contributed by atoms with Gasteiger partial charge < -0.3 is 0 Å². The van der Waals surface area contributed by atoms with Gasteiger partial charge in [-0.3, -0.25) is 0 Å². The maximum absolute atomic E-state index is 9.84. The van der Waals surface area contributed by atoms with Crippen LogP contribution in [0.1, 0.15) is 6.92 Å². The summed E-state index contributed by atoms with van der Waals surface area (Å²) >= 11 is 0.